The van der Waals surface area contributed by atoms with E-state index in [1.54, 1.807) is 0 Å². The molecule has 0 saturated carbocycles. The Morgan fingerprint density at radius 1 is 1.56 bits per heavy atom. The third kappa shape index (κ3) is 3.17. The summed E-state index contributed by atoms with van der Waals surface area (Å²) in [5.74, 6) is -0.424. The van der Waals surface area contributed by atoms with Crippen LogP contribution in [-0.2, 0) is 14.3 Å². The van der Waals surface area contributed by atoms with E-state index in [2.05, 4.69) is 4.99 Å². The molecule has 1 saturated heterocycles. The standard InChI is InChI=1S/C10H12F3NO3S/c1-5(15)16-4-6-2-3-7-8(17-6)18-9(14-7)10(11,12)13/h6-8H,2-4H2,1H3/t6-,7-,8-/m1/s1. The van der Waals surface area contributed by atoms with Crippen molar-refractivity contribution in [2.75, 3.05) is 6.61 Å². The molecular formula is C10H12F3NO3S. The molecule has 2 aliphatic rings. The SMILES string of the molecule is CC(=O)OC[C@H]1CC[C@H]2N=C(C(F)(F)F)S[C@H]2O1. The first kappa shape index (κ1) is 13.7. The Hall–Kier alpha value is -0.760. The molecule has 0 aromatic carbocycles. The summed E-state index contributed by atoms with van der Waals surface area (Å²) in [6.07, 6.45) is -3.69. The van der Waals surface area contributed by atoms with Crippen molar-refractivity contribution in [1.29, 1.82) is 0 Å². The van der Waals surface area contributed by atoms with Crippen molar-refractivity contribution < 1.29 is 27.4 Å². The molecule has 0 amide bonds. The molecule has 0 aromatic heterocycles. The van der Waals surface area contributed by atoms with Gasteiger partial charge in [0.1, 0.15) is 12.0 Å². The van der Waals surface area contributed by atoms with Crippen LogP contribution in [0.5, 0.6) is 0 Å². The molecule has 1 fully saturated rings. The van der Waals surface area contributed by atoms with Crippen LogP contribution in [-0.4, -0.2) is 41.4 Å². The lowest BCUT2D eigenvalue weighted by Crippen LogP contribution is -2.36. The van der Waals surface area contributed by atoms with E-state index in [1.807, 2.05) is 0 Å². The lowest BCUT2D eigenvalue weighted by Gasteiger charge is -2.30. The minimum Gasteiger partial charge on any atom is -0.463 e. The maximum atomic E-state index is 12.5. The fraction of sp³-hybridized carbons (Fsp3) is 0.800. The van der Waals surface area contributed by atoms with E-state index < -0.39 is 28.7 Å². The van der Waals surface area contributed by atoms with Gasteiger partial charge in [0, 0.05) is 6.92 Å². The Morgan fingerprint density at radius 3 is 2.89 bits per heavy atom. The van der Waals surface area contributed by atoms with Crippen molar-refractivity contribution in [3.63, 3.8) is 0 Å². The molecule has 0 aliphatic carbocycles. The van der Waals surface area contributed by atoms with E-state index in [0.29, 0.717) is 24.6 Å². The predicted octanol–water partition coefficient (Wildman–Crippen LogP) is 2.13. The van der Waals surface area contributed by atoms with Crippen LogP contribution in [0, 0.1) is 0 Å². The van der Waals surface area contributed by atoms with Crippen LogP contribution in [0.15, 0.2) is 4.99 Å². The number of hydrogen-bond donors (Lipinski definition) is 0. The molecule has 3 atom stereocenters. The molecule has 2 heterocycles. The zero-order valence-electron chi connectivity index (χ0n) is 9.57. The summed E-state index contributed by atoms with van der Waals surface area (Å²) in [5, 5.41) is -0.828. The molecule has 2 rings (SSSR count). The van der Waals surface area contributed by atoms with Gasteiger partial charge in [-0.2, -0.15) is 13.2 Å². The largest absolute Gasteiger partial charge is 0.463 e. The van der Waals surface area contributed by atoms with E-state index in [4.69, 9.17) is 9.47 Å². The van der Waals surface area contributed by atoms with Gasteiger partial charge in [0.25, 0.3) is 0 Å². The van der Waals surface area contributed by atoms with Gasteiger partial charge < -0.3 is 9.47 Å². The van der Waals surface area contributed by atoms with Gasteiger partial charge in [-0.25, -0.2) is 0 Å². The Kier molecular flexibility index (Phi) is 3.86. The minimum atomic E-state index is -4.41. The highest BCUT2D eigenvalue weighted by Crippen LogP contribution is 2.41. The summed E-state index contributed by atoms with van der Waals surface area (Å²) < 4.78 is 47.7. The van der Waals surface area contributed by atoms with Crippen molar-refractivity contribution in [3.05, 3.63) is 0 Å². The molecule has 0 bridgehead atoms. The van der Waals surface area contributed by atoms with Crippen LogP contribution < -0.4 is 0 Å². The number of halogens is 3. The number of fused-ring (bicyclic) bond motifs is 1. The molecule has 0 unspecified atom stereocenters. The van der Waals surface area contributed by atoms with E-state index in [0.717, 1.165) is 0 Å². The van der Waals surface area contributed by atoms with E-state index in [9.17, 15) is 18.0 Å². The first-order chi connectivity index (χ1) is 8.36. The smallest absolute Gasteiger partial charge is 0.439 e. The van der Waals surface area contributed by atoms with Gasteiger partial charge in [0.05, 0.1) is 12.1 Å². The summed E-state index contributed by atoms with van der Waals surface area (Å²) >= 11 is 0.602. The summed E-state index contributed by atoms with van der Waals surface area (Å²) in [5.41, 5.74) is -0.615. The molecule has 2 aliphatic heterocycles. The highest BCUT2D eigenvalue weighted by molar-refractivity contribution is 8.14. The lowest BCUT2D eigenvalue weighted by atomic mass is 10.1. The van der Waals surface area contributed by atoms with Gasteiger partial charge in [0.15, 0.2) is 5.04 Å². The number of thioether (sulfide) groups is 1. The highest BCUT2D eigenvalue weighted by atomic mass is 32.2. The second kappa shape index (κ2) is 5.08. The molecule has 4 nitrogen and oxygen atoms in total. The first-order valence-electron chi connectivity index (χ1n) is 5.46. The average molecular weight is 283 g/mol. The Bertz CT molecular complexity index is 372. The van der Waals surface area contributed by atoms with Gasteiger partial charge in [0.2, 0.25) is 0 Å². The number of hydrogen-bond acceptors (Lipinski definition) is 5. The Morgan fingerprint density at radius 2 is 2.28 bits per heavy atom. The zero-order valence-corrected chi connectivity index (χ0v) is 10.4. The number of esters is 1. The number of carbonyl (C=O) groups excluding carboxylic acids is 1. The number of aliphatic imine (C=N–C) groups is 1. The Labute approximate surface area is 106 Å². The van der Waals surface area contributed by atoms with E-state index in [1.165, 1.54) is 6.92 Å². The molecule has 0 radical (unpaired) electrons. The topological polar surface area (TPSA) is 47.9 Å². The number of alkyl halides is 3. The zero-order chi connectivity index (χ0) is 13.3. The summed E-state index contributed by atoms with van der Waals surface area (Å²) in [7, 11) is 0. The van der Waals surface area contributed by atoms with Crippen molar-refractivity contribution >= 4 is 22.8 Å². The maximum absolute atomic E-state index is 12.5. The molecular weight excluding hydrogens is 271 g/mol. The van der Waals surface area contributed by atoms with Crippen LogP contribution >= 0.6 is 11.8 Å². The summed E-state index contributed by atoms with van der Waals surface area (Å²) in [4.78, 5) is 14.3. The number of rotatable bonds is 2. The molecule has 8 heteroatoms. The van der Waals surface area contributed by atoms with Crippen LogP contribution in [0.2, 0.25) is 0 Å². The number of nitrogens with zero attached hydrogens (tertiary/aromatic N) is 1. The summed E-state index contributed by atoms with van der Waals surface area (Å²) in [6, 6.07) is -0.444. The van der Waals surface area contributed by atoms with Crippen LogP contribution in [0.25, 0.3) is 0 Å². The van der Waals surface area contributed by atoms with E-state index >= 15 is 0 Å². The van der Waals surface area contributed by atoms with Crippen molar-refractivity contribution in [2.45, 2.75) is 43.5 Å². The van der Waals surface area contributed by atoms with Crippen LogP contribution in [0.1, 0.15) is 19.8 Å². The second-order valence-corrected chi connectivity index (χ2v) is 5.21. The highest BCUT2D eigenvalue weighted by Gasteiger charge is 2.46. The Balaban J connectivity index is 1.89. The molecule has 0 N–H and O–H groups in total. The third-order valence-electron chi connectivity index (χ3n) is 2.65. The molecule has 102 valence electrons. The average Bonchev–Trinajstić information content (AvgIpc) is 2.68. The van der Waals surface area contributed by atoms with Crippen molar-refractivity contribution in [3.8, 4) is 0 Å². The van der Waals surface area contributed by atoms with Crippen LogP contribution in [0.3, 0.4) is 0 Å². The van der Waals surface area contributed by atoms with Crippen LogP contribution in [0.4, 0.5) is 13.2 Å². The van der Waals surface area contributed by atoms with E-state index in [-0.39, 0.29) is 12.7 Å². The quantitative estimate of drug-likeness (QED) is 0.728. The second-order valence-electron chi connectivity index (χ2n) is 4.12. The van der Waals surface area contributed by atoms with Crippen molar-refractivity contribution in [2.24, 2.45) is 4.99 Å². The number of ether oxygens (including phenoxy) is 2. The predicted molar refractivity (Wildman–Crippen MR) is 59.4 cm³/mol. The maximum Gasteiger partial charge on any atom is 0.439 e. The third-order valence-corrected chi connectivity index (χ3v) is 3.87. The fourth-order valence-electron chi connectivity index (χ4n) is 1.84. The molecule has 0 spiro atoms. The lowest BCUT2D eigenvalue weighted by molar-refractivity contribution is -0.147. The molecule has 18 heavy (non-hydrogen) atoms. The van der Waals surface area contributed by atoms with Gasteiger partial charge >= 0.3 is 12.1 Å². The summed E-state index contributed by atoms with van der Waals surface area (Å²) in [6.45, 7) is 1.36. The minimum absolute atomic E-state index is 0.0838. The number of carbonyl (C=O) groups is 1. The fourth-order valence-corrected chi connectivity index (χ4v) is 2.95. The normalized spacial score (nSPS) is 31.8. The van der Waals surface area contributed by atoms with Gasteiger partial charge in [-0.1, -0.05) is 11.8 Å². The first-order valence-corrected chi connectivity index (χ1v) is 6.34. The molecule has 0 aromatic rings. The monoisotopic (exact) mass is 283 g/mol. The van der Waals surface area contributed by atoms with Gasteiger partial charge in [-0.05, 0) is 12.8 Å². The van der Waals surface area contributed by atoms with Crippen molar-refractivity contribution in [1.82, 2.24) is 0 Å². The van der Waals surface area contributed by atoms with Gasteiger partial charge in [-0.3, -0.25) is 9.79 Å². The van der Waals surface area contributed by atoms with Gasteiger partial charge in [-0.15, -0.1) is 0 Å².